The lowest BCUT2D eigenvalue weighted by molar-refractivity contribution is 0.980. The fourth-order valence-electron chi connectivity index (χ4n) is 1.92. The minimum atomic E-state index is 0.553. The molecule has 0 aliphatic rings. The molecule has 0 spiro atoms. The normalized spacial score (nSPS) is 10.3. The van der Waals surface area contributed by atoms with Crippen molar-refractivity contribution in [2.75, 3.05) is 11.9 Å². The summed E-state index contributed by atoms with van der Waals surface area (Å²) in [6.45, 7) is 4.88. The molecule has 1 N–H and O–H groups in total. The average Bonchev–Trinajstić information content (AvgIpc) is 2.35. The van der Waals surface area contributed by atoms with E-state index in [-0.39, 0.29) is 0 Å². The SMILES string of the molecule is CCCNc1c(C#N)cnc2c(Cl)cc(C)cc12. The van der Waals surface area contributed by atoms with Gasteiger partial charge in [-0.15, -0.1) is 0 Å². The maximum absolute atomic E-state index is 9.15. The van der Waals surface area contributed by atoms with Crippen LogP contribution >= 0.6 is 11.6 Å². The van der Waals surface area contributed by atoms with Crippen molar-refractivity contribution in [3.63, 3.8) is 0 Å². The molecule has 0 bridgehead atoms. The average molecular weight is 260 g/mol. The molecule has 1 heterocycles. The van der Waals surface area contributed by atoms with Gasteiger partial charge in [-0.05, 0) is 31.0 Å². The predicted molar refractivity (Wildman–Crippen MR) is 75.0 cm³/mol. The highest BCUT2D eigenvalue weighted by atomic mass is 35.5. The number of anilines is 1. The Bertz CT molecular complexity index is 629. The number of hydrogen-bond donors (Lipinski definition) is 1. The number of aryl methyl sites for hydroxylation is 1. The number of halogens is 1. The van der Waals surface area contributed by atoms with Gasteiger partial charge in [-0.3, -0.25) is 4.98 Å². The van der Waals surface area contributed by atoms with Gasteiger partial charge >= 0.3 is 0 Å². The Morgan fingerprint density at radius 1 is 1.44 bits per heavy atom. The zero-order valence-corrected chi connectivity index (χ0v) is 11.2. The van der Waals surface area contributed by atoms with E-state index in [0.29, 0.717) is 10.6 Å². The van der Waals surface area contributed by atoms with E-state index in [1.165, 1.54) is 0 Å². The monoisotopic (exact) mass is 259 g/mol. The third kappa shape index (κ3) is 2.25. The molecule has 0 saturated heterocycles. The Morgan fingerprint density at radius 2 is 2.22 bits per heavy atom. The van der Waals surface area contributed by atoms with Crippen LogP contribution in [0.5, 0.6) is 0 Å². The molecule has 18 heavy (non-hydrogen) atoms. The lowest BCUT2D eigenvalue weighted by atomic mass is 10.1. The Balaban J connectivity index is 2.72. The number of rotatable bonds is 3. The first kappa shape index (κ1) is 12.7. The van der Waals surface area contributed by atoms with Crippen molar-refractivity contribution in [1.82, 2.24) is 4.98 Å². The van der Waals surface area contributed by atoms with Crippen molar-refractivity contribution < 1.29 is 0 Å². The summed E-state index contributed by atoms with van der Waals surface area (Å²) < 4.78 is 0. The summed E-state index contributed by atoms with van der Waals surface area (Å²) in [5, 5.41) is 14.0. The third-order valence-corrected chi connectivity index (χ3v) is 3.03. The van der Waals surface area contributed by atoms with Crippen LogP contribution in [0, 0.1) is 18.3 Å². The summed E-state index contributed by atoms with van der Waals surface area (Å²) in [4.78, 5) is 4.27. The van der Waals surface area contributed by atoms with Crippen molar-refractivity contribution in [3.8, 4) is 6.07 Å². The van der Waals surface area contributed by atoms with Crippen LogP contribution in [0.2, 0.25) is 5.02 Å². The second-order valence-electron chi connectivity index (χ2n) is 4.23. The first-order valence-electron chi connectivity index (χ1n) is 5.90. The number of nitrogens with zero attached hydrogens (tertiary/aromatic N) is 2. The Kier molecular flexibility index (Phi) is 3.69. The molecule has 2 rings (SSSR count). The number of benzene rings is 1. The summed E-state index contributed by atoms with van der Waals surface area (Å²) in [6.07, 6.45) is 2.57. The molecule has 4 heteroatoms. The molecule has 0 unspecified atom stereocenters. The van der Waals surface area contributed by atoms with E-state index in [4.69, 9.17) is 16.9 Å². The fourth-order valence-corrected chi connectivity index (χ4v) is 2.24. The van der Waals surface area contributed by atoms with E-state index in [2.05, 4.69) is 23.3 Å². The number of aromatic nitrogens is 1. The number of hydrogen-bond acceptors (Lipinski definition) is 3. The van der Waals surface area contributed by atoms with E-state index >= 15 is 0 Å². The molecule has 2 aromatic rings. The molecular weight excluding hydrogens is 246 g/mol. The standard InChI is InChI=1S/C14H14ClN3/c1-3-4-17-13-10(7-16)8-18-14-11(13)5-9(2)6-12(14)15/h5-6,8H,3-4H2,1-2H3,(H,17,18). The Morgan fingerprint density at radius 3 is 2.89 bits per heavy atom. The number of pyridine rings is 1. The molecule has 0 atom stereocenters. The van der Waals surface area contributed by atoms with Gasteiger partial charge in [-0.1, -0.05) is 18.5 Å². The van der Waals surface area contributed by atoms with E-state index in [9.17, 15) is 0 Å². The Hall–Kier alpha value is -1.79. The van der Waals surface area contributed by atoms with E-state index in [1.54, 1.807) is 6.20 Å². The summed E-state index contributed by atoms with van der Waals surface area (Å²) >= 11 is 6.19. The fraction of sp³-hybridized carbons (Fsp3) is 0.286. The van der Waals surface area contributed by atoms with Gasteiger partial charge in [0.15, 0.2) is 0 Å². The first-order valence-corrected chi connectivity index (χ1v) is 6.28. The molecule has 0 amide bonds. The maximum atomic E-state index is 9.15. The van der Waals surface area contributed by atoms with Crippen molar-refractivity contribution in [2.24, 2.45) is 0 Å². The summed E-state index contributed by atoms with van der Waals surface area (Å²) in [5.74, 6) is 0. The van der Waals surface area contributed by atoms with Crippen LogP contribution in [0.3, 0.4) is 0 Å². The molecule has 1 aromatic carbocycles. The van der Waals surface area contributed by atoms with Crippen molar-refractivity contribution >= 4 is 28.2 Å². The van der Waals surface area contributed by atoms with Gasteiger partial charge in [0.1, 0.15) is 6.07 Å². The van der Waals surface area contributed by atoms with Crippen LogP contribution in [0.15, 0.2) is 18.3 Å². The van der Waals surface area contributed by atoms with Gasteiger partial charge in [0, 0.05) is 18.1 Å². The van der Waals surface area contributed by atoms with E-state index < -0.39 is 0 Å². The molecule has 0 radical (unpaired) electrons. The smallest absolute Gasteiger partial charge is 0.103 e. The molecule has 0 aliphatic carbocycles. The molecular formula is C14H14ClN3. The zero-order chi connectivity index (χ0) is 13.1. The van der Waals surface area contributed by atoms with Gasteiger partial charge < -0.3 is 5.32 Å². The van der Waals surface area contributed by atoms with Crippen LogP contribution in [-0.4, -0.2) is 11.5 Å². The molecule has 0 aliphatic heterocycles. The number of fused-ring (bicyclic) bond motifs is 1. The van der Waals surface area contributed by atoms with Gasteiger partial charge in [0.05, 0.1) is 21.8 Å². The highest BCUT2D eigenvalue weighted by Crippen LogP contribution is 2.31. The van der Waals surface area contributed by atoms with Gasteiger partial charge in [-0.2, -0.15) is 5.26 Å². The maximum Gasteiger partial charge on any atom is 0.103 e. The zero-order valence-electron chi connectivity index (χ0n) is 10.4. The topological polar surface area (TPSA) is 48.7 Å². The van der Waals surface area contributed by atoms with Crippen LogP contribution in [0.4, 0.5) is 5.69 Å². The highest BCUT2D eigenvalue weighted by molar-refractivity contribution is 6.35. The third-order valence-electron chi connectivity index (χ3n) is 2.74. The van der Waals surface area contributed by atoms with E-state index in [1.807, 2.05) is 19.1 Å². The molecule has 0 fully saturated rings. The van der Waals surface area contributed by atoms with Crippen LogP contribution in [0.1, 0.15) is 24.5 Å². The molecule has 1 aromatic heterocycles. The van der Waals surface area contributed by atoms with Crippen molar-refractivity contribution in [1.29, 1.82) is 5.26 Å². The molecule has 3 nitrogen and oxygen atoms in total. The van der Waals surface area contributed by atoms with Gasteiger partial charge in [-0.25, -0.2) is 0 Å². The van der Waals surface area contributed by atoms with Crippen LogP contribution < -0.4 is 5.32 Å². The minimum Gasteiger partial charge on any atom is -0.383 e. The lowest BCUT2D eigenvalue weighted by Gasteiger charge is -2.11. The largest absolute Gasteiger partial charge is 0.383 e. The van der Waals surface area contributed by atoms with Gasteiger partial charge in [0.2, 0.25) is 0 Å². The van der Waals surface area contributed by atoms with Crippen LogP contribution in [-0.2, 0) is 0 Å². The number of nitrogens with one attached hydrogen (secondary N) is 1. The summed E-state index contributed by atoms with van der Waals surface area (Å²) in [5.41, 5.74) is 3.18. The van der Waals surface area contributed by atoms with Crippen molar-refractivity contribution in [3.05, 3.63) is 34.5 Å². The second kappa shape index (κ2) is 5.24. The quantitative estimate of drug-likeness (QED) is 0.910. The van der Waals surface area contributed by atoms with Gasteiger partial charge in [0.25, 0.3) is 0 Å². The summed E-state index contributed by atoms with van der Waals surface area (Å²) in [7, 11) is 0. The predicted octanol–water partition coefficient (Wildman–Crippen LogP) is 3.89. The van der Waals surface area contributed by atoms with E-state index in [0.717, 1.165) is 35.1 Å². The molecule has 92 valence electrons. The second-order valence-corrected chi connectivity index (χ2v) is 4.64. The highest BCUT2D eigenvalue weighted by Gasteiger charge is 2.11. The summed E-state index contributed by atoms with van der Waals surface area (Å²) in [6, 6.07) is 6.06. The first-order chi connectivity index (χ1) is 8.67. The Labute approximate surface area is 111 Å². The lowest BCUT2D eigenvalue weighted by Crippen LogP contribution is -2.03. The van der Waals surface area contributed by atoms with Crippen molar-refractivity contribution in [2.45, 2.75) is 20.3 Å². The molecule has 0 saturated carbocycles. The number of nitriles is 1. The van der Waals surface area contributed by atoms with Crippen LogP contribution in [0.25, 0.3) is 10.9 Å². The minimum absolute atomic E-state index is 0.553.